The van der Waals surface area contributed by atoms with Crippen molar-refractivity contribution in [1.82, 2.24) is 9.80 Å². The molecule has 1 N–H and O–H groups in total. The van der Waals surface area contributed by atoms with Crippen LogP contribution in [0, 0.1) is 25.7 Å². The lowest BCUT2D eigenvalue weighted by molar-refractivity contribution is -0.144. The van der Waals surface area contributed by atoms with Crippen LogP contribution in [0.5, 0.6) is 0 Å². The maximum absolute atomic E-state index is 14.5. The lowest BCUT2D eigenvalue weighted by atomic mass is 9.70. The predicted octanol–water partition coefficient (Wildman–Crippen LogP) is 2.60. The van der Waals surface area contributed by atoms with Crippen LogP contribution in [-0.4, -0.2) is 88.5 Å². The number of alkyl halides is 1. The molecule has 3 saturated heterocycles. The van der Waals surface area contributed by atoms with Gasteiger partial charge in [0.15, 0.2) is 0 Å². The van der Waals surface area contributed by atoms with Gasteiger partial charge < -0.3 is 24.5 Å². The lowest BCUT2D eigenvalue weighted by Crippen LogP contribution is -2.57. The number of likely N-dealkylation sites (N-methyl/N-ethyl adjacent to an activating group) is 1. The Morgan fingerprint density at radius 2 is 1.95 bits per heavy atom. The molecule has 3 aliphatic rings. The summed E-state index contributed by atoms with van der Waals surface area (Å²) >= 11 is 3.70. The smallest absolute Gasteiger partial charge is 0.253 e. The van der Waals surface area contributed by atoms with Gasteiger partial charge in [0, 0.05) is 43.8 Å². The molecule has 0 aliphatic carbocycles. The van der Waals surface area contributed by atoms with Crippen LogP contribution < -0.4 is 4.90 Å². The zero-order valence-corrected chi connectivity index (χ0v) is 23.3. The third-order valence-electron chi connectivity index (χ3n) is 7.88. The second-order valence-electron chi connectivity index (χ2n) is 10.3. The van der Waals surface area contributed by atoms with Crippen molar-refractivity contribution in [1.29, 1.82) is 0 Å². The van der Waals surface area contributed by atoms with Gasteiger partial charge in [0.05, 0.1) is 17.9 Å². The molecule has 200 valence electrons. The Hall–Kier alpha value is -2.49. The van der Waals surface area contributed by atoms with Crippen LogP contribution in [0.4, 0.5) is 5.69 Å². The van der Waals surface area contributed by atoms with E-state index < -0.39 is 29.6 Å². The van der Waals surface area contributed by atoms with Gasteiger partial charge >= 0.3 is 0 Å². The molecule has 1 aromatic carbocycles. The van der Waals surface area contributed by atoms with Crippen molar-refractivity contribution >= 4 is 39.3 Å². The average Bonchev–Trinajstić information content (AvgIpc) is 3.45. The first-order valence-corrected chi connectivity index (χ1v) is 13.6. The quantitative estimate of drug-likeness (QED) is 0.343. The zero-order chi connectivity index (χ0) is 27.1. The number of benzene rings is 1. The topological polar surface area (TPSA) is 90.4 Å². The molecule has 3 amide bonds. The van der Waals surface area contributed by atoms with Crippen LogP contribution in [0.25, 0.3) is 0 Å². The van der Waals surface area contributed by atoms with Crippen molar-refractivity contribution in [2.24, 2.45) is 11.8 Å². The molecule has 0 saturated carbocycles. The zero-order valence-electron chi connectivity index (χ0n) is 21.7. The Morgan fingerprint density at radius 3 is 2.59 bits per heavy atom. The summed E-state index contributed by atoms with van der Waals surface area (Å²) in [5.41, 5.74) is 1.54. The summed E-state index contributed by atoms with van der Waals surface area (Å²) in [7, 11) is 1.68. The average molecular weight is 575 g/mol. The molecule has 9 heteroatoms. The number of carbonyl (C=O) groups is 3. The molecule has 6 atom stereocenters. The fraction of sp³-hybridized carbons (Fsp3) is 0.536. The summed E-state index contributed by atoms with van der Waals surface area (Å²) in [6, 6.07) is 4.99. The van der Waals surface area contributed by atoms with E-state index in [-0.39, 0.29) is 42.2 Å². The molecule has 4 rings (SSSR count). The van der Waals surface area contributed by atoms with E-state index in [2.05, 4.69) is 29.1 Å². The van der Waals surface area contributed by atoms with E-state index in [1.807, 2.05) is 32.0 Å². The van der Waals surface area contributed by atoms with Crippen molar-refractivity contribution in [3.8, 4) is 0 Å². The highest BCUT2D eigenvalue weighted by Gasteiger charge is 2.76. The van der Waals surface area contributed by atoms with Gasteiger partial charge in [0.25, 0.3) is 5.91 Å². The number of hydrogen-bond acceptors (Lipinski definition) is 5. The van der Waals surface area contributed by atoms with E-state index >= 15 is 0 Å². The summed E-state index contributed by atoms with van der Waals surface area (Å²) < 4.78 is 6.57. The molecule has 1 aromatic rings. The lowest BCUT2D eigenvalue weighted by Gasteiger charge is -2.37. The van der Waals surface area contributed by atoms with Gasteiger partial charge in [-0.2, -0.15) is 0 Å². The maximum Gasteiger partial charge on any atom is 0.253 e. The van der Waals surface area contributed by atoms with Gasteiger partial charge in [-0.1, -0.05) is 40.2 Å². The first-order valence-electron chi connectivity index (χ1n) is 12.7. The minimum atomic E-state index is -1.14. The number of anilines is 1. The van der Waals surface area contributed by atoms with Gasteiger partial charge in [0.2, 0.25) is 11.8 Å². The molecular formula is C28H36BrN3O5. The summed E-state index contributed by atoms with van der Waals surface area (Å²) in [6.07, 6.45) is 3.54. The number of ether oxygens (including phenoxy) is 1. The SMILES string of the molecule is C=CCN(C)C(=O)[C@H]1[C@@H]2OC3(CC2Br)C(C(=O)N(CC=C)c2cc(C)ccc2C)N(CCCO)C(=O)[C@H]13. The number of amides is 3. The molecule has 3 heterocycles. The number of likely N-dealkylation sites (tertiary alicyclic amines) is 1. The Morgan fingerprint density at radius 1 is 1.24 bits per heavy atom. The number of rotatable bonds is 10. The molecule has 8 nitrogen and oxygen atoms in total. The van der Waals surface area contributed by atoms with Crippen LogP contribution in [0.2, 0.25) is 0 Å². The summed E-state index contributed by atoms with van der Waals surface area (Å²) in [4.78, 5) is 46.6. The standard InChI is InChI=1S/C28H36BrN3O5/c1-6-11-30(5)25(34)21-22-26(35)32(13-8-14-33)24(28(22)16-19(29)23(21)37-28)27(36)31(12-7-2)20-15-17(3)9-10-18(20)4/h6-7,9-10,15,19,21-24,33H,1-2,8,11-14,16H2,3-5H3/t19?,21-,22+,23-,24?,28?/m1/s1. The number of carbonyl (C=O) groups excluding carboxylic acids is 3. The van der Waals surface area contributed by atoms with Crippen LogP contribution in [0.3, 0.4) is 0 Å². The Labute approximate surface area is 227 Å². The van der Waals surface area contributed by atoms with Gasteiger partial charge in [-0.3, -0.25) is 14.4 Å². The normalized spacial score (nSPS) is 29.8. The second-order valence-corrected chi connectivity index (χ2v) is 11.5. The molecule has 37 heavy (non-hydrogen) atoms. The van der Waals surface area contributed by atoms with Gasteiger partial charge in [-0.25, -0.2) is 0 Å². The van der Waals surface area contributed by atoms with Crippen molar-refractivity contribution in [3.63, 3.8) is 0 Å². The maximum atomic E-state index is 14.5. The molecule has 3 unspecified atom stereocenters. The van der Waals surface area contributed by atoms with Crippen molar-refractivity contribution < 1.29 is 24.2 Å². The van der Waals surface area contributed by atoms with E-state index in [1.165, 1.54) is 0 Å². The highest BCUT2D eigenvalue weighted by Crippen LogP contribution is 2.60. The van der Waals surface area contributed by atoms with Crippen LogP contribution in [0.15, 0.2) is 43.5 Å². The van der Waals surface area contributed by atoms with Crippen LogP contribution in [-0.2, 0) is 19.1 Å². The minimum Gasteiger partial charge on any atom is -0.396 e. The fourth-order valence-corrected chi connectivity index (χ4v) is 7.25. The number of hydrogen-bond donors (Lipinski definition) is 1. The number of halogens is 1. The monoisotopic (exact) mass is 573 g/mol. The third kappa shape index (κ3) is 4.45. The van der Waals surface area contributed by atoms with Gasteiger partial charge in [0.1, 0.15) is 11.6 Å². The molecule has 0 radical (unpaired) electrons. The summed E-state index contributed by atoms with van der Waals surface area (Å²) in [6.45, 7) is 12.2. The van der Waals surface area contributed by atoms with Crippen molar-refractivity contribution in [2.75, 3.05) is 38.2 Å². The third-order valence-corrected chi connectivity index (χ3v) is 8.72. The highest BCUT2D eigenvalue weighted by molar-refractivity contribution is 9.09. The van der Waals surface area contributed by atoms with Gasteiger partial charge in [-0.15, -0.1) is 13.2 Å². The highest BCUT2D eigenvalue weighted by atomic mass is 79.9. The van der Waals surface area contributed by atoms with Gasteiger partial charge in [-0.05, 0) is 43.9 Å². The van der Waals surface area contributed by atoms with Crippen LogP contribution in [0.1, 0.15) is 24.0 Å². The molecule has 1 spiro atoms. The predicted molar refractivity (Wildman–Crippen MR) is 145 cm³/mol. The van der Waals surface area contributed by atoms with Crippen LogP contribution >= 0.6 is 15.9 Å². The van der Waals surface area contributed by atoms with Crippen molar-refractivity contribution in [2.45, 2.75) is 49.3 Å². The number of aliphatic hydroxyl groups excluding tert-OH is 1. The van der Waals surface area contributed by atoms with E-state index in [1.54, 1.807) is 33.9 Å². The van der Waals surface area contributed by atoms with E-state index in [4.69, 9.17) is 4.74 Å². The van der Waals surface area contributed by atoms with Crippen molar-refractivity contribution in [3.05, 3.63) is 54.6 Å². The molecule has 0 aromatic heterocycles. The number of aryl methyl sites for hydroxylation is 2. The largest absolute Gasteiger partial charge is 0.396 e. The Kier molecular flexibility index (Phi) is 7.97. The molecular weight excluding hydrogens is 538 g/mol. The summed E-state index contributed by atoms with van der Waals surface area (Å²) in [5, 5.41) is 9.57. The first-order chi connectivity index (χ1) is 17.6. The Bertz CT molecular complexity index is 1110. The molecule has 2 bridgehead atoms. The van der Waals surface area contributed by atoms with E-state index in [0.717, 1.165) is 16.8 Å². The first kappa shape index (κ1) is 27.5. The number of nitrogens with zero attached hydrogens (tertiary/aromatic N) is 3. The molecule has 3 aliphatic heterocycles. The molecule has 3 fully saturated rings. The van der Waals surface area contributed by atoms with E-state index in [0.29, 0.717) is 19.4 Å². The number of aliphatic hydroxyl groups is 1. The van der Waals surface area contributed by atoms with E-state index in [9.17, 15) is 19.5 Å². The minimum absolute atomic E-state index is 0.120. The Balaban J connectivity index is 1.81. The number of fused-ring (bicyclic) bond motifs is 1. The second kappa shape index (κ2) is 10.7. The fourth-order valence-electron chi connectivity index (χ4n) is 6.30. The summed E-state index contributed by atoms with van der Waals surface area (Å²) in [5.74, 6) is -2.21.